The number of ether oxygens (including phenoxy) is 2. The van der Waals surface area contributed by atoms with E-state index >= 15 is 0 Å². The first-order valence-electron chi connectivity index (χ1n) is 6.62. The van der Waals surface area contributed by atoms with Crippen LogP contribution in [-0.4, -0.2) is 36.1 Å². The molecule has 0 aliphatic heterocycles. The van der Waals surface area contributed by atoms with E-state index in [2.05, 4.69) is 9.97 Å². The van der Waals surface area contributed by atoms with E-state index in [0.717, 1.165) is 5.56 Å². The Kier molecular flexibility index (Phi) is 4.83. The summed E-state index contributed by atoms with van der Waals surface area (Å²) in [6, 6.07) is 6.99. The third-order valence-corrected chi connectivity index (χ3v) is 3.28. The van der Waals surface area contributed by atoms with Gasteiger partial charge in [0.1, 0.15) is 0 Å². The number of aryl methyl sites for hydroxylation is 1. The summed E-state index contributed by atoms with van der Waals surface area (Å²) >= 11 is 0. The van der Waals surface area contributed by atoms with Gasteiger partial charge >= 0.3 is 11.9 Å². The van der Waals surface area contributed by atoms with Crippen molar-refractivity contribution in [2.24, 2.45) is 0 Å². The van der Waals surface area contributed by atoms with Crippen LogP contribution in [0.25, 0.3) is 11.4 Å². The molecule has 0 N–H and O–H groups in total. The van der Waals surface area contributed by atoms with Crippen LogP contribution in [0.5, 0.6) is 0 Å². The van der Waals surface area contributed by atoms with E-state index in [1.165, 1.54) is 14.2 Å². The van der Waals surface area contributed by atoms with E-state index in [0.29, 0.717) is 17.0 Å². The van der Waals surface area contributed by atoms with Gasteiger partial charge in [0.15, 0.2) is 11.7 Å². The summed E-state index contributed by atoms with van der Waals surface area (Å²) in [7, 11) is 2.46. The Morgan fingerprint density at radius 2 is 1.59 bits per heavy atom. The number of methoxy groups -OCH3 is 2. The number of hydrogen-bond donors (Lipinski definition) is 0. The van der Waals surface area contributed by atoms with Crippen LogP contribution in [0.4, 0.5) is 0 Å². The van der Waals surface area contributed by atoms with Crippen LogP contribution < -0.4 is 0 Å². The van der Waals surface area contributed by atoms with Gasteiger partial charge in [-0.3, -0.25) is 9.59 Å². The Morgan fingerprint density at radius 3 is 2.14 bits per heavy atom. The zero-order valence-corrected chi connectivity index (χ0v) is 12.6. The smallest absolute Gasteiger partial charge is 0.324 e. The molecule has 0 bridgehead atoms. The third kappa shape index (κ3) is 2.95. The summed E-state index contributed by atoms with van der Waals surface area (Å²) in [6.45, 7) is 1.86. The van der Waals surface area contributed by atoms with Crippen LogP contribution >= 0.6 is 0 Å². The molecule has 0 saturated carbocycles. The van der Waals surface area contributed by atoms with Gasteiger partial charge in [-0.05, 0) is 24.1 Å². The molecule has 0 spiro atoms. The standard InChI is InChI=1S/C16H16N2O4/c1-10-6-4-7-11(12(10)14-17-8-5-9-18-14)13(15(19)21-2)16(20)22-3/h4-9,13H,1-3H3. The Hall–Kier alpha value is -2.76. The molecule has 1 heterocycles. The van der Waals surface area contributed by atoms with Crippen molar-refractivity contribution in [1.29, 1.82) is 0 Å². The zero-order chi connectivity index (χ0) is 16.1. The lowest BCUT2D eigenvalue weighted by Gasteiger charge is -2.17. The monoisotopic (exact) mass is 300 g/mol. The summed E-state index contributed by atoms with van der Waals surface area (Å²) in [6.07, 6.45) is 3.20. The van der Waals surface area contributed by atoms with Gasteiger partial charge in [-0.2, -0.15) is 0 Å². The predicted octanol–water partition coefficient (Wildman–Crippen LogP) is 1.88. The summed E-state index contributed by atoms with van der Waals surface area (Å²) in [4.78, 5) is 32.5. The maximum Gasteiger partial charge on any atom is 0.324 e. The van der Waals surface area contributed by atoms with Gasteiger partial charge in [0, 0.05) is 18.0 Å². The molecule has 114 valence electrons. The first kappa shape index (κ1) is 15.6. The molecule has 0 radical (unpaired) electrons. The minimum Gasteiger partial charge on any atom is -0.468 e. The molecule has 22 heavy (non-hydrogen) atoms. The molecule has 6 nitrogen and oxygen atoms in total. The van der Waals surface area contributed by atoms with Crippen molar-refractivity contribution >= 4 is 11.9 Å². The SMILES string of the molecule is COC(=O)C(C(=O)OC)c1cccc(C)c1-c1ncccn1. The number of hydrogen-bond acceptors (Lipinski definition) is 6. The lowest BCUT2D eigenvalue weighted by Crippen LogP contribution is -2.25. The van der Waals surface area contributed by atoms with Crippen LogP contribution in [0, 0.1) is 6.92 Å². The van der Waals surface area contributed by atoms with Crippen molar-refractivity contribution in [2.45, 2.75) is 12.8 Å². The van der Waals surface area contributed by atoms with E-state index in [4.69, 9.17) is 9.47 Å². The molecule has 0 saturated heterocycles. The van der Waals surface area contributed by atoms with E-state index in [-0.39, 0.29) is 0 Å². The Morgan fingerprint density at radius 1 is 1.00 bits per heavy atom. The quantitative estimate of drug-likeness (QED) is 0.633. The summed E-state index contributed by atoms with van der Waals surface area (Å²) in [5.41, 5.74) is 1.94. The molecule has 2 aromatic rings. The molecule has 1 aromatic carbocycles. The highest BCUT2D eigenvalue weighted by Crippen LogP contribution is 2.31. The molecule has 0 unspecified atom stereocenters. The first-order valence-corrected chi connectivity index (χ1v) is 6.62. The molecule has 0 atom stereocenters. The molecular formula is C16H16N2O4. The number of benzene rings is 1. The van der Waals surface area contributed by atoms with Crippen molar-refractivity contribution in [2.75, 3.05) is 14.2 Å². The topological polar surface area (TPSA) is 78.4 Å². The Bertz CT molecular complexity index is 670. The molecular weight excluding hydrogens is 284 g/mol. The van der Waals surface area contributed by atoms with E-state index < -0.39 is 17.9 Å². The summed E-state index contributed by atoms with van der Waals surface area (Å²) in [5.74, 6) is -2.11. The predicted molar refractivity (Wildman–Crippen MR) is 79.0 cm³/mol. The van der Waals surface area contributed by atoms with Crippen molar-refractivity contribution in [3.8, 4) is 11.4 Å². The van der Waals surface area contributed by atoms with Crippen molar-refractivity contribution in [3.63, 3.8) is 0 Å². The lowest BCUT2D eigenvalue weighted by molar-refractivity contribution is -0.154. The summed E-state index contributed by atoms with van der Waals surface area (Å²) in [5, 5.41) is 0. The number of carbonyl (C=O) groups excluding carboxylic acids is 2. The maximum atomic E-state index is 12.0. The molecule has 1 aromatic heterocycles. The highest BCUT2D eigenvalue weighted by molar-refractivity contribution is 6.02. The van der Waals surface area contributed by atoms with E-state index in [1.807, 2.05) is 13.0 Å². The van der Waals surface area contributed by atoms with Crippen LogP contribution in [-0.2, 0) is 19.1 Å². The molecule has 6 heteroatoms. The number of carbonyl (C=O) groups is 2. The fourth-order valence-corrected chi connectivity index (χ4v) is 2.25. The molecule has 2 rings (SSSR count). The van der Waals surface area contributed by atoms with Crippen LogP contribution in [0.15, 0.2) is 36.7 Å². The van der Waals surface area contributed by atoms with Gasteiger partial charge in [0.2, 0.25) is 0 Å². The molecule has 0 aliphatic carbocycles. The largest absolute Gasteiger partial charge is 0.468 e. The van der Waals surface area contributed by atoms with Gasteiger partial charge in [-0.1, -0.05) is 18.2 Å². The Labute approximate surface area is 128 Å². The van der Waals surface area contributed by atoms with Gasteiger partial charge < -0.3 is 9.47 Å². The summed E-state index contributed by atoms with van der Waals surface area (Å²) < 4.78 is 9.48. The average molecular weight is 300 g/mol. The van der Waals surface area contributed by atoms with E-state index in [1.54, 1.807) is 30.6 Å². The number of aromatic nitrogens is 2. The number of rotatable bonds is 4. The second-order valence-corrected chi connectivity index (χ2v) is 4.59. The third-order valence-electron chi connectivity index (χ3n) is 3.28. The van der Waals surface area contributed by atoms with Gasteiger partial charge in [0.25, 0.3) is 0 Å². The van der Waals surface area contributed by atoms with Crippen molar-refractivity contribution in [3.05, 3.63) is 47.8 Å². The fourth-order valence-electron chi connectivity index (χ4n) is 2.25. The molecule has 0 aliphatic rings. The van der Waals surface area contributed by atoms with Crippen LogP contribution in [0.3, 0.4) is 0 Å². The van der Waals surface area contributed by atoms with Crippen LogP contribution in [0.1, 0.15) is 17.0 Å². The number of nitrogens with zero attached hydrogens (tertiary/aromatic N) is 2. The zero-order valence-electron chi connectivity index (χ0n) is 12.6. The maximum absolute atomic E-state index is 12.0. The fraction of sp³-hybridized carbons (Fsp3) is 0.250. The average Bonchev–Trinajstić information content (AvgIpc) is 2.55. The second-order valence-electron chi connectivity index (χ2n) is 4.59. The minimum absolute atomic E-state index is 0.438. The van der Waals surface area contributed by atoms with Crippen molar-refractivity contribution < 1.29 is 19.1 Å². The highest BCUT2D eigenvalue weighted by atomic mass is 16.5. The van der Waals surface area contributed by atoms with Gasteiger partial charge in [-0.15, -0.1) is 0 Å². The normalized spacial score (nSPS) is 10.4. The molecule has 0 amide bonds. The first-order chi connectivity index (χ1) is 10.6. The molecule has 0 fully saturated rings. The Balaban J connectivity index is 2.66. The van der Waals surface area contributed by atoms with E-state index in [9.17, 15) is 9.59 Å². The van der Waals surface area contributed by atoms with Crippen LogP contribution in [0.2, 0.25) is 0 Å². The van der Waals surface area contributed by atoms with Gasteiger partial charge in [0.05, 0.1) is 14.2 Å². The lowest BCUT2D eigenvalue weighted by atomic mass is 9.91. The minimum atomic E-state index is -1.17. The van der Waals surface area contributed by atoms with Crippen molar-refractivity contribution in [1.82, 2.24) is 9.97 Å². The highest BCUT2D eigenvalue weighted by Gasteiger charge is 2.33. The second kappa shape index (κ2) is 6.80. The number of esters is 2. The van der Waals surface area contributed by atoms with Gasteiger partial charge in [-0.25, -0.2) is 9.97 Å².